The number of carbonyl (C=O) groups excluding carboxylic acids is 1. The van der Waals surface area contributed by atoms with Gasteiger partial charge in [-0.2, -0.15) is 4.31 Å². The average molecular weight is 346 g/mol. The maximum absolute atomic E-state index is 12.5. The van der Waals surface area contributed by atoms with Crippen LogP contribution in [-0.4, -0.2) is 56.3 Å². The third kappa shape index (κ3) is 3.60. The van der Waals surface area contributed by atoms with Gasteiger partial charge in [0.05, 0.1) is 4.90 Å². The molecule has 6 nitrogen and oxygen atoms in total. The standard InChI is InChI=1S/C14H20ClN3O3S/c1-11(10-16)14(19)17-5-7-18(8-6-17)22(20,21)13-4-2-3-12(15)9-13/h2-4,9,11H,5-8,10,16H2,1H3. The molecule has 0 radical (unpaired) electrons. The lowest BCUT2D eigenvalue weighted by Gasteiger charge is -2.35. The number of hydrogen-bond acceptors (Lipinski definition) is 4. The Bertz CT molecular complexity index is 642. The largest absolute Gasteiger partial charge is 0.340 e. The van der Waals surface area contributed by atoms with Crippen LogP contribution in [0.4, 0.5) is 0 Å². The van der Waals surface area contributed by atoms with Crippen LogP contribution in [-0.2, 0) is 14.8 Å². The van der Waals surface area contributed by atoms with E-state index in [0.717, 1.165) is 0 Å². The second kappa shape index (κ2) is 6.95. The zero-order chi connectivity index (χ0) is 16.3. The molecule has 2 rings (SSSR count). The molecule has 1 aromatic carbocycles. The summed E-state index contributed by atoms with van der Waals surface area (Å²) >= 11 is 5.86. The summed E-state index contributed by atoms with van der Waals surface area (Å²) in [6.07, 6.45) is 0. The van der Waals surface area contributed by atoms with Crippen molar-refractivity contribution >= 4 is 27.5 Å². The highest BCUT2D eigenvalue weighted by molar-refractivity contribution is 7.89. The van der Waals surface area contributed by atoms with E-state index in [1.165, 1.54) is 16.4 Å². The smallest absolute Gasteiger partial charge is 0.243 e. The van der Waals surface area contributed by atoms with E-state index in [-0.39, 0.29) is 29.8 Å². The lowest BCUT2D eigenvalue weighted by atomic mass is 10.1. The summed E-state index contributed by atoms with van der Waals surface area (Å²) in [5.74, 6) is -0.265. The van der Waals surface area contributed by atoms with Gasteiger partial charge in [-0.1, -0.05) is 24.6 Å². The molecule has 122 valence electrons. The Labute approximate surface area is 135 Å². The molecule has 1 heterocycles. The molecule has 1 fully saturated rings. The van der Waals surface area contributed by atoms with Crippen LogP contribution >= 0.6 is 11.6 Å². The second-order valence-corrected chi connectivity index (χ2v) is 7.70. The first kappa shape index (κ1) is 17.2. The normalized spacial score (nSPS) is 18.2. The maximum Gasteiger partial charge on any atom is 0.243 e. The van der Waals surface area contributed by atoms with Gasteiger partial charge in [0.2, 0.25) is 15.9 Å². The minimum Gasteiger partial charge on any atom is -0.340 e. The van der Waals surface area contributed by atoms with Crippen LogP contribution < -0.4 is 5.73 Å². The van der Waals surface area contributed by atoms with Gasteiger partial charge >= 0.3 is 0 Å². The number of nitrogens with zero attached hydrogens (tertiary/aromatic N) is 2. The summed E-state index contributed by atoms with van der Waals surface area (Å²) in [5.41, 5.74) is 5.50. The molecule has 0 aromatic heterocycles. The summed E-state index contributed by atoms with van der Waals surface area (Å²) in [6.45, 7) is 3.37. The molecular weight excluding hydrogens is 326 g/mol. The topological polar surface area (TPSA) is 83.7 Å². The monoisotopic (exact) mass is 345 g/mol. The van der Waals surface area contributed by atoms with Crippen LogP contribution in [0.5, 0.6) is 0 Å². The molecule has 22 heavy (non-hydrogen) atoms. The highest BCUT2D eigenvalue weighted by Crippen LogP contribution is 2.21. The summed E-state index contributed by atoms with van der Waals surface area (Å²) in [7, 11) is -3.57. The Kier molecular flexibility index (Phi) is 5.44. The summed E-state index contributed by atoms with van der Waals surface area (Å²) < 4.78 is 26.5. The fourth-order valence-corrected chi connectivity index (χ4v) is 4.06. The first-order valence-electron chi connectivity index (χ1n) is 7.11. The molecule has 1 saturated heterocycles. The van der Waals surface area contributed by atoms with Gasteiger partial charge in [-0.15, -0.1) is 0 Å². The summed E-state index contributed by atoms with van der Waals surface area (Å²) in [5, 5.41) is 0.381. The van der Waals surface area contributed by atoms with Crippen molar-refractivity contribution < 1.29 is 13.2 Å². The van der Waals surface area contributed by atoms with Crippen molar-refractivity contribution in [3.63, 3.8) is 0 Å². The quantitative estimate of drug-likeness (QED) is 0.873. The first-order valence-corrected chi connectivity index (χ1v) is 8.92. The number of amides is 1. The highest BCUT2D eigenvalue weighted by atomic mass is 35.5. The fourth-order valence-electron chi connectivity index (χ4n) is 2.34. The Morgan fingerprint density at radius 1 is 1.32 bits per heavy atom. The number of hydrogen-bond donors (Lipinski definition) is 1. The SMILES string of the molecule is CC(CN)C(=O)N1CCN(S(=O)(=O)c2cccc(Cl)c2)CC1. The Balaban J connectivity index is 2.06. The molecule has 0 saturated carbocycles. The van der Waals surface area contributed by atoms with E-state index in [0.29, 0.717) is 24.7 Å². The third-order valence-corrected chi connectivity index (χ3v) is 5.89. The van der Waals surface area contributed by atoms with Crippen molar-refractivity contribution in [3.8, 4) is 0 Å². The zero-order valence-corrected chi connectivity index (χ0v) is 14.0. The molecule has 8 heteroatoms. The number of rotatable bonds is 4. The van der Waals surface area contributed by atoms with Crippen LogP contribution in [0.2, 0.25) is 5.02 Å². The molecule has 0 spiro atoms. The van der Waals surface area contributed by atoms with Crippen molar-refractivity contribution in [3.05, 3.63) is 29.3 Å². The Hall–Kier alpha value is -1.15. The third-order valence-electron chi connectivity index (χ3n) is 3.76. The minimum atomic E-state index is -3.57. The molecule has 1 unspecified atom stereocenters. The number of sulfonamides is 1. The predicted octanol–water partition coefficient (Wildman–Crippen LogP) is 0.768. The molecule has 1 aromatic rings. The molecule has 0 bridgehead atoms. The highest BCUT2D eigenvalue weighted by Gasteiger charge is 2.31. The second-order valence-electron chi connectivity index (χ2n) is 5.32. The molecule has 1 amide bonds. The van der Waals surface area contributed by atoms with Gasteiger partial charge in [0.25, 0.3) is 0 Å². The molecule has 0 aliphatic carbocycles. The van der Waals surface area contributed by atoms with Crippen LogP contribution in [0.15, 0.2) is 29.2 Å². The van der Waals surface area contributed by atoms with E-state index in [2.05, 4.69) is 0 Å². The van der Waals surface area contributed by atoms with E-state index < -0.39 is 10.0 Å². The van der Waals surface area contributed by atoms with Crippen molar-refractivity contribution in [2.45, 2.75) is 11.8 Å². The molecule has 1 atom stereocenters. The van der Waals surface area contributed by atoms with Gasteiger partial charge in [0.1, 0.15) is 0 Å². The first-order chi connectivity index (χ1) is 10.4. The number of nitrogens with two attached hydrogens (primary N) is 1. The van der Waals surface area contributed by atoms with Crippen LogP contribution in [0.25, 0.3) is 0 Å². The van der Waals surface area contributed by atoms with Gasteiger partial charge in [0.15, 0.2) is 0 Å². The van der Waals surface area contributed by atoms with Crippen LogP contribution in [0, 0.1) is 5.92 Å². The number of carbonyl (C=O) groups is 1. The predicted molar refractivity (Wildman–Crippen MR) is 85.0 cm³/mol. The molecule has 1 aliphatic rings. The Morgan fingerprint density at radius 2 is 1.95 bits per heavy atom. The summed E-state index contributed by atoms with van der Waals surface area (Å²) in [6, 6.07) is 6.20. The van der Waals surface area contributed by atoms with Crippen LogP contribution in [0.1, 0.15) is 6.92 Å². The van der Waals surface area contributed by atoms with E-state index in [1.807, 2.05) is 0 Å². The van der Waals surface area contributed by atoms with E-state index in [9.17, 15) is 13.2 Å². The van der Waals surface area contributed by atoms with Gasteiger partial charge in [-0.05, 0) is 18.2 Å². The van der Waals surface area contributed by atoms with Crippen molar-refractivity contribution in [1.29, 1.82) is 0 Å². The number of piperazine rings is 1. The van der Waals surface area contributed by atoms with Gasteiger partial charge < -0.3 is 10.6 Å². The summed E-state index contributed by atoms with van der Waals surface area (Å²) in [4.78, 5) is 13.9. The maximum atomic E-state index is 12.5. The van der Waals surface area contributed by atoms with Gasteiger partial charge in [-0.25, -0.2) is 8.42 Å². The number of halogens is 1. The zero-order valence-electron chi connectivity index (χ0n) is 12.4. The minimum absolute atomic E-state index is 0.0256. The van der Waals surface area contributed by atoms with E-state index in [4.69, 9.17) is 17.3 Å². The van der Waals surface area contributed by atoms with Crippen molar-refractivity contribution in [2.24, 2.45) is 11.7 Å². The van der Waals surface area contributed by atoms with Crippen molar-refractivity contribution in [2.75, 3.05) is 32.7 Å². The molecular formula is C14H20ClN3O3S. The lowest BCUT2D eigenvalue weighted by Crippen LogP contribution is -2.52. The van der Waals surface area contributed by atoms with Gasteiger partial charge in [-0.3, -0.25) is 4.79 Å². The van der Waals surface area contributed by atoms with E-state index >= 15 is 0 Å². The number of benzene rings is 1. The lowest BCUT2D eigenvalue weighted by molar-refractivity contribution is -0.135. The molecule has 1 aliphatic heterocycles. The molecule has 2 N–H and O–H groups in total. The average Bonchev–Trinajstić information content (AvgIpc) is 2.53. The van der Waals surface area contributed by atoms with Gasteiger partial charge in [0, 0.05) is 43.7 Å². The fraction of sp³-hybridized carbons (Fsp3) is 0.500. The van der Waals surface area contributed by atoms with Crippen molar-refractivity contribution in [1.82, 2.24) is 9.21 Å². The van der Waals surface area contributed by atoms with Crippen LogP contribution in [0.3, 0.4) is 0 Å². The van der Waals surface area contributed by atoms with E-state index in [1.54, 1.807) is 24.0 Å². The Morgan fingerprint density at radius 3 is 2.50 bits per heavy atom.